The number of thiophene rings is 1. The molecule has 2 bridgehead atoms. The van der Waals surface area contributed by atoms with Crippen LogP contribution in [-0.2, 0) is 13.6 Å². The molecular formula is C29H31N7O2S. The summed E-state index contributed by atoms with van der Waals surface area (Å²) in [7, 11) is 3.69. The lowest BCUT2D eigenvalue weighted by Crippen LogP contribution is -2.41. The number of aryl methyl sites for hydroxylation is 1. The summed E-state index contributed by atoms with van der Waals surface area (Å²) in [6.45, 7) is 1.72. The monoisotopic (exact) mass is 541 g/mol. The van der Waals surface area contributed by atoms with Crippen molar-refractivity contribution in [2.45, 2.75) is 44.3 Å². The highest BCUT2D eigenvalue weighted by Gasteiger charge is 2.47. The quantitative estimate of drug-likeness (QED) is 0.326. The Morgan fingerprint density at radius 3 is 2.77 bits per heavy atom. The van der Waals surface area contributed by atoms with E-state index in [2.05, 4.69) is 31.5 Å². The Morgan fingerprint density at radius 1 is 1.21 bits per heavy atom. The summed E-state index contributed by atoms with van der Waals surface area (Å²) >= 11 is 1.78. The number of carbonyl (C=O) groups excluding carboxylic acids is 1. The van der Waals surface area contributed by atoms with Gasteiger partial charge in [0.25, 0.3) is 5.91 Å². The van der Waals surface area contributed by atoms with Crippen molar-refractivity contribution in [3.05, 3.63) is 42.2 Å². The Bertz CT molecular complexity index is 1740. The van der Waals surface area contributed by atoms with Gasteiger partial charge in [0.1, 0.15) is 11.3 Å². The molecule has 3 atom stereocenters. The van der Waals surface area contributed by atoms with Crippen LogP contribution in [0.1, 0.15) is 36.0 Å². The van der Waals surface area contributed by atoms with Gasteiger partial charge in [0, 0.05) is 54.4 Å². The Hall–Kier alpha value is -3.63. The first-order valence-corrected chi connectivity index (χ1v) is 14.6. The van der Waals surface area contributed by atoms with Crippen molar-refractivity contribution in [3.63, 3.8) is 0 Å². The van der Waals surface area contributed by atoms with Gasteiger partial charge in [-0.05, 0) is 61.8 Å². The number of benzene rings is 1. The lowest BCUT2D eigenvalue weighted by Gasteiger charge is -2.27. The van der Waals surface area contributed by atoms with Gasteiger partial charge in [-0.25, -0.2) is 4.98 Å². The molecule has 10 heteroatoms. The van der Waals surface area contributed by atoms with Crippen molar-refractivity contribution < 1.29 is 9.53 Å². The van der Waals surface area contributed by atoms with Crippen LogP contribution < -0.4 is 10.5 Å². The number of rotatable bonds is 6. The molecule has 9 nitrogen and oxygen atoms in total. The lowest BCUT2D eigenvalue weighted by atomic mass is 10.1. The Balaban J connectivity index is 1.23. The molecule has 5 heterocycles. The first-order chi connectivity index (χ1) is 19.0. The summed E-state index contributed by atoms with van der Waals surface area (Å²) in [4.78, 5) is 21.9. The van der Waals surface area contributed by atoms with Gasteiger partial charge in [-0.2, -0.15) is 5.10 Å². The van der Waals surface area contributed by atoms with E-state index in [0.29, 0.717) is 23.1 Å². The number of carbonyl (C=O) groups is 1. The van der Waals surface area contributed by atoms with Gasteiger partial charge in [0.2, 0.25) is 0 Å². The smallest absolute Gasteiger partial charge is 0.254 e. The van der Waals surface area contributed by atoms with Crippen molar-refractivity contribution in [2.24, 2.45) is 24.6 Å². The molecule has 3 aliphatic rings. The number of hydrogen-bond acceptors (Lipinski definition) is 6. The highest BCUT2D eigenvalue weighted by atomic mass is 32.1. The number of nitrogens with zero attached hydrogens (tertiary/aromatic N) is 5. The number of nitrogens with two attached hydrogens (primary N) is 1. The maximum atomic E-state index is 13.6. The van der Waals surface area contributed by atoms with Crippen LogP contribution in [0.2, 0.25) is 0 Å². The van der Waals surface area contributed by atoms with Gasteiger partial charge in [-0.1, -0.05) is 0 Å². The molecular weight excluding hydrogens is 510 g/mol. The Labute approximate surface area is 229 Å². The van der Waals surface area contributed by atoms with Gasteiger partial charge in [-0.15, -0.1) is 11.3 Å². The van der Waals surface area contributed by atoms with E-state index in [-0.39, 0.29) is 18.0 Å². The predicted octanol–water partition coefficient (Wildman–Crippen LogP) is 4.63. The van der Waals surface area contributed by atoms with Crippen LogP contribution in [0.3, 0.4) is 0 Å². The normalized spacial score (nSPS) is 22.5. The predicted molar refractivity (Wildman–Crippen MR) is 152 cm³/mol. The van der Waals surface area contributed by atoms with E-state index in [9.17, 15) is 4.79 Å². The number of hydrogen-bond donors (Lipinski definition) is 2. The number of piperidine rings is 1. The van der Waals surface area contributed by atoms with Crippen LogP contribution in [0.25, 0.3) is 43.2 Å². The molecule has 5 aromatic rings. The second-order valence-electron chi connectivity index (χ2n) is 11.4. The minimum Gasteiger partial charge on any atom is -0.494 e. The zero-order valence-corrected chi connectivity index (χ0v) is 22.9. The maximum Gasteiger partial charge on any atom is 0.254 e. The van der Waals surface area contributed by atoms with Gasteiger partial charge in [0.15, 0.2) is 5.82 Å². The minimum absolute atomic E-state index is 0.0226. The van der Waals surface area contributed by atoms with E-state index < -0.39 is 0 Å². The number of ether oxygens (including phenoxy) is 1. The largest absolute Gasteiger partial charge is 0.494 e. The van der Waals surface area contributed by atoms with Crippen LogP contribution >= 0.6 is 11.3 Å². The molecule has 39 heavy (non-hydrogen) atoms. The van der Waals surface area contributed by atoms with E-state index in [1.165, 1.54) is 27.9 Å². The number of amides is 1. The number of H-pyrrole nitrogens is 1. The summed E-state index contributed by atoms with van der Waals surface area (Å²) in [5.74, 6) is 2.68. The van der Waals surface area contributed by atoms with Crippen molar-refractivity contribution in [2.75, 3.05) is 13.7 Å². The molecule has 1 aromatic carbocycles. The van der Waals surface area contributed by atoms with E-state index in [1.807, 2.05) is 36.5 Å². The second kappa shape index (κ2) is 8.43. The summed E-state index contributed by atoms with van der Waals surface area (Å²) in [5, 5.41) is 7.05. The molecule has 200 valence electrons. The minimum atomic E-state index is 0.0226. The average Bonchev–Trinajstić information content (AvgIpc) is 3.46. The van der Waals surface area contributed by atoms with E-state index >= 15 is 0 Å². The molecule has 2 saturated carbocycles. The number of likely N-dealkylation sites (tertiary alicyclic amines) is 1. The van der Waals surface area contributed by atoms with Gasteiger partial charge < -0.3 is 24.5 Å². The molecule has 0 unspecified atom stereocenters. The first-order valence-electron chi connectivity index (χ1n) is 13.7. The molecule has 8 rings (SSSR count). The van der Waals surface area contributed by atoms with Gasteiger partial charge in [-0.3, -0.25) is 9.89 Å². The highest BCUT2D eigenvalue weighted by molar-refractivity contribution is 7.22. The van der Waals surface area contributed by atoms with E-state index in [4.69, 9.17) is 15.5 Å². The number of methoxy groups -OCH3 is 1. The maximum absolute atomic E-state index is 13.6. The van der Waals surface area contributed by atoms with Gasteiger partial charge in [0.05, 0.1) is 34.7 Å². The van der Waals surface area contributed by atoms with E-state index in [1.54, 1.807) is 18.4 Å². The fraction of sp³-hybridized carbons (Fsp3) is 0.414. The fourth-order valence-corrected chi connectivity index (χ4v) is 7.86. The van der Waals surface area contributed by atoms with Crippen LogP contribution in [0.15, 0.2) is 36.7 Å². The molecule has 0 radical (unpaired) electrons. The topological polar surface area (TPSA) is 107 Å². The van der Waals surface area contributed by atoms with Crippen molar-refractivity contribution >= 4 is 38.5 Å². The van der Waals surface area contributed by atoms with Crippen LogP contribution in [0.4, 0.5) is 0 Å². The third-order valence-electron chi connectivity index (χ3n) is 9.05. The molecule has 0 spiro atoms. The van der Waals surface area contributed by atoms with Crippen LogP contribution in [0.5, 0.6) is 5.75 Å². The molecule has 2 aliphatic carbocycles. The Kier molecular flexibility index (Phi) is 5.03. The summed E-state index contributed by atoms with van der Waals surface area (Å²) in [6.07, 6.45) is 8.44. The average molecular weight is 542 g/mol. The molecule has 1 amide bonds. The first kappa shape index (κ1) is 23.3. The molecule has 3 fully saturated rings. The summed E-state index contributed by atoms with van der Waals surface area (Å²) in [5.41, 5.74) is 12.1. The SMILES string of the molecule is COc1cc(C(=O)N2C[C@H]3CC[C@@H]2[C@@H]3N)cc2nc(-c3cc4sc(-c5cn[nH]c5)cc4n3CC3CC3)n(C)c12. The molecule has 4 aromatic heterocycles. The highest BCUT2D eigenvalue weighted by Crippen LogP contribution is 2.42. The number of fused-ring (bicyclic) bond motifs is 4. The summed E-state index contributed by atoms with van der Waals surface area (Å²) < 4.78 is 11.6. The number of nitrogens with one attached hydrogen (secondary N) is 1. The lowest BCUT2D eigenvalue weighted by molar-refractivity contribution is 0.0700. The fourth-order valence-electron chi connectivity index (χ4n) is 6.78. The Morgan fingerprint density at radius 2 is 2.08 bits per heavy atom. The zero-order chi connectivity index (χ0) is 26.4. The number of imidazole rings is 1. The molecule has 3 N–H and O–H groups in total. The molecule has 1 aliphatic heterocycles. The van der Waals surface area contributed by atoms with Crippen LogP contribution in [0, 0.1) is 11.8 Å². The number of aromatic nitrogens is 5. The standard InChI is InChI=1S/C29H31N7O2S/c1-34-27-19(7-17(8-23(27)38-2)29(37)36-14-16-5-6-20(36)26(16)30)33-28(34)22-10-25-21(35(22)13-15-3-4-15)9-24(39-25)18-11-31-32-12-18/h7-12,15-16,20,26H,3-6,13-14,30H2,1-2H3,(H,31,32)/t16-,20-,26-/m1/s1. The van der Waals surface area contributed by atoms with Crippen LogP contribution in [-0.4, -0.2) is 60.9 Å². The third-order valence-corrected chi connectivity index (χ3v) is 10.2. The van der Waals surface area contributed by atoms with Crippen molar-refractivity contribution in [1.29, 1.82) is 0 Å². The van der Waals surface area contributed by atoms with Crippen molar-refractivity contribution in [3.8, 4) is 27.7 Å². The number of aromatic amines is 1. The van der Waals surface area contributed by atoms with Gasteiger partial charge >= 0.3 is 0 Å². The molecule has 1 saturated heterocycles. The summed E-state index contributed by atoms with van der Waals surface area (Å²) in [6, 6.07) is 8.54. The zero-order valence-electron chi connectivity index (χ0n) is 22.1. The second-order valence-corrected chi connectivity index (χ2v) is 12.5. The van der Waals surface area contributed by atoms with Crippen molar-refractivity contribution in [1.82, 2.24) is 29.2 Å². The third kappa shape index (κ3) is 3.50. The van der Waals surface area contributed by atoms with E-state index in [0.717, 1.165) is 54.0 Å².